The average molecular weight is 429 g/mol. The van der Waals surface area contributed by atoms with E-state index in [1.54, 1.807) is 28.6 Å². The van der Waals surface area contributed by atoms with Crippen LogP contribution in [0.15, 0.2) is 47.4 Å². The molecule has 0 aromatic heterocycles. The Balaban J connectivity index is 1.80. The third-order valence-electron chi connectivity index (χ3n) is 5.83. The molecule has 2 aromatic carbocycles. The monoisotopic (exact) mass is 428 g/mol. The Morgan fingerprint density at radius 2 is 1.50 bits per heavy atom. The molecule has 1 aliphatic rings. The molecule has 2 unspecified atom stereocenters. The van der Waals surface area contributed by atoms with E-state index in [0.29, 0.717) is 30.5 Å². The molecule has 3 rings (SSSR count). The standard InChI is InChI=1S/C24H32N2O3S/c1-5-19-8-7-9-20(6-2)23(19)25-24(27)21-10-12-22(13-11-21)30(28,29)26-15-17(3)14-18(4)16-26/h7-13,17-18H,5-6,14-16H2,1-4H3,(H,25,27). The Labute approximate surface area is 180 Å². The lowest BCUT2D eigenvalue weighted by Crippen LogP contribution is -2.42. The SMILES string of the molecule is CCc1cccc(CC)c1NC(=O)c1ccc(S(=O)(=O)N2CC(C)CC(C)C2)cc1. The summed E-state index contributed by atoms with van der Waals surface area (Å²) in [5.74, 6) is 0.467. The zero-order valence-corrected chi connectivity index (χ0v) is 19.1. The highest BCUT2D eigenvalue weighted by Gasteiger charge is 2.31. The molecule has 6 heteroatoms. The Morgan fingerprint density at radius 3 is 2.00 bits per heavy atom. The lowest BCUT2D eigenvalue weighted by molar-refractivity contribution is 0.102. The highest BCUT2D eigenvalue weighted by molar-refractivity contribution is 7.89. The number of sulfonamides is 1. The fourth-order valence-electron chi connectivity index (χ4n) is 4.32. The van der Waals surface area contributed by atoms with E-state index < -0.39 is 10.0 Å². The Hall–Kier alpha value is -2.18. The van der Waals surface area contributed by atoms with Gasteiger partial charge < -0.3 is 5.32 Å². The van der Waals surface area contributed by atoms with Gasteiger partial charge >= 0.3 is 0 Å². The van der Waals surface area contributed by atoms with Crippen LogP contribution in [0.2, 0.25) is 0 Å². The summed E-state index contributed by atoms with van der Waals surface area (Å²) in [6, 6.07) is 12.3. The van der Waals surface area contributed by atoms with Gasteiger partial charge in [0.25, 0.3) is 5.91 Å². The summed E-state index contributed by atoms with van der Waals surface area (Å²) in [6.07, 6.45) is 2.70. The quantitative estimate of drug-likeness (QED) is 0.723. The van der Waals surface area contributed by atoms with Gasteiger partial charge in [0.15, 0.2) is 0 Å². The summed E-state index contributed by atoms with van der Waals surface area (Å²) >= 11 is 0. The lowest BCUT2D eigenvalue weighted by Gasteiger charge is -2.34. The number of hydrogen-bond acceptors (Lipinski definition) is 3. The number of para-hydroxylation sites is 1. The van der Waals surface area contributed by atoms with Gasteiger partial charge in [-0.1, -0.05) is 45.9 Å². The first-order valence-electron chi connectivity index (χ1n) is 10.8. The minimum Gasteiger partial charge on any atom is -0.321 e. The Morgan fingerprint density at radius 1 is 0.967 bits per heavy atom. The summed E-state index contributed by atoms with van der Waals surface area (Å²) in [7, 11) is -3.55. The molecule has 0 bridgehead atoms. The summed E-state index contributed by atoms with van der Waals surface area (Å²) in [4.78, 5) is 13.1. The van der Waals surface area contributed by atoms with Crippen molar-refractivity contribution in [2.75, 3.05) is 18.4 Å². The van der Waals surface area contributed by atoms with Gasteiger partial charge in [-0.2, -0.15) is 4.31 Å². The average Bonchev–Trinajstić information content (AvgIpc) is 2.73. The van der Waals surface area contributed by atoms with Gasteiger partial charge in [0.05, 0.1) is 4.90 Å². The van der Waals surface area contributed by atoms with E-state index in [1.807, 2.05) is 18.2 Å². The maximum absolute atomic E-state index is 13.0. The molecule has 0 aliphatic carbocycles. The van der Waals surface area contributed by atoms with Crippen molar-refractivity contribution >= 4 is 21.6 Å². The second kappa shape index (κ2) is 9.31. The van der Waals surface area contributed by atoms with Crippen LogP contribution in [0.3, 0.4) is 0 Å². The van der Waals surface area contributed by atoms with Gasteiger partial charge in [-0.25, -0.2) is 8.42 Å². The third kappa shape index (κ3) is 4.76. The Kier molecular flexibility index (Phi) is 6.98. The number of piperidine rings is 1. The number of anilines is 1. The van der Waals surface area contributed by atoms with Gasteiger partial charge in [0.2, 0.25) is 10.0 Å². The van der Waals surface area contributed by atoms with Crippen molar-refractivity contribution in [1.82, 2.24) is 4.31 Å². The van der Waals surface area contributed by atoms with Crippen LogP contribution in [-0.4, -0.2) is 31.7 Å². The summed E-state index contributed by atoms with van der Waals surface area (Å²) in [6.45, 7) is 9.39. The number of benzene rings is 2. The summed E-state index contributed by atoms with van der Waals surface area (Å²) < 4.78 is 27.7. The first-order valence-corrected chi connectivity index (χ1v) is 12.2. The maximum atomic E-state index is 13.0. The molecule has 0 saturated carbocycles. The zero-order chi connectivity index (χ0) is 21.9. The van der Waals surface area contributed by atoms with Crippen LogP contribution >= 0.6 is 0 Å². The van der Waals surface area contributed by atoms with Crippen molar-refractivity contribution < 1.29 is 13.2 Å². The molecule has 1 N–H and O–H groups in total. The first kappa shape index (κ1) is 22.5. The highest BCUT2D eigenvalue weighted by atomic mass is 32.2. The van der Waals surface area contributed by atoms with Crippen molar-refractivity contribution in [1.29, 1.82) is 0 Å². The van der Waals surface area contributed by atoms with Gasteiger partial charge in [-0.3, -0.25) is 4.79 Å². The molecule has 1 aliphatic heterocycles. The topological polar surface area (TPSA) is 66.5 Å². The third-order valence-corrected chi connectivity index (χ3v) is 7.67. The van der Waals surface area contributed by atoms with E-state index in [9.17, 15) is 13.2 Å². The van der Waals surface area contributed by atoms with Gasteiger partial charge in [-0.15, -0.1) is 0 Å². The second-order valence-corrected chi connectivity index (χ2v) is 10.3. The molecule has 0 spiro atoms. The number of hydrogen-bond donors (Lipinski definition) is 1. The molecular formula is C24H32N2O3S. The molecule has 0 radical (unpaired) electrons. The van der Waals surface area contributed by atoms with Gasteiger partial charge in [0.1, 0.15) is 0 Å². The van der Waals surface area contributed by atoms with E-state index in [0.717, 1.165) is 36.1 Å². The van der Waals surface area contributed by atoms with Crippen LogP contribution in [-0.2, 0) is 22.9 Å². The van der Waals surface area contributed by atoms with E-state index >= 15 is 0 Å². The minimum atomic E-state index is -3.55. The molecule has 2 aromatic rings. The predicted molar refractivity (Wildman–Crippen MR) is 121 cm³/mol. The summed E-state index contributed by atoms with van der Waals surface area (Å²) in [5, 5.41) is 3.03. The van der Waals surface area contributed by atoms with E-state index in [-0.39, 0.29) is 10.8 Å². The van der Waals surface area contributed by atoms with E-state index in [4.69, 9.17) is 0 Å². The van der Waals surface area contributed by atoms with Crippen LogP contribution in [0.4, 0.5) is 5.69 Å². The van der Waals surface area contributed by atoms with E-state index in [1.165, 1.54) is 0 Å². The fourth-order valence-corrected chi connectivity index (χ4v) is 6.00. The molecule has 1 heterocycles. The van der Waals surface area contributed by atoms with Crippen molar-refractivity contribution in [3.63, 3.8) is 0 Å². The summed E-state index contributed by atoms with van der Waals surface area (Å²) in [5.41, 5.74) is 3.49. The van der Waals surface area contributed by atoms with Crippen molar-refractivity contribution in [2.24, 2.45) is 11.8 Å². The molecular weight excluding hydrogens is 396 g/mol. The van der Waals surface area contributed by atoms with Crippen LogP contribution in [0.25, 0.3) is 0 Å². The van der Waals surface area contributed by atoms with E-state index in [2.05, 4.69) is 33.0 Å². The number of nitrogens with one attached hydrogen (secondary N) is 1. The number of amides is 1. The minimum absolute atomic E-state index is 0.227. The molecule has 162 valence electrons. The molecule has 5 nitrogen and oxygen atoms in total. The smallest absolute Gasteiger partial charge is 0.255 e. The highest BCUT2D eigenvalue weighted by Crippen LogP contribution is 2.27. The van der Waals surface area contributed by atoms with Crippen LogP contribution in [0.5, 0.6) is 0 Å². The normalized spacial score (nSPS) is 20.1. The second-order valence-electron chi connectivity index (χ2n) is 8.40. The number of rotatable bonds is 6. The van der Waals surface area contributed by atoms with Crippen molar-refractivity contribution in [3.05, 3.63) is 59.2 Å². The van der Waals surface area contributed by atoms with Gasteiger partial charge in [0, 0.05) is 24.3 Å². The molecule has 1 saturated heterocycles. The van der Waals surface area contributed by atoms with Gasteiger partial charge in [-0.05, 0) is 66.5 Å². The van der Waals surface area contributed by atoms with Crippen molar-refractivity contribution in [3.8, 4) is 0 Å². The number of carbonyl (C=O) groups excluding carboxylic acids is 1. The largest absolute Gasteiger partial charge is 0.321 e. The molecule has 1 amide bonds. The van der Waals surface area contributed by atoms with Crippen LogP contribution in [0.1, 0.15) is 55.6 Å². The maximum Gasteiger partial charge on any atom is 0.255 e. The predicted octanol–water partition coefficient (Wildman–Crippen LogP) is 4.73. The molecule has 30 heavy (non-hydrogen) atoms. The zero-order valence-electron chi connectivity index (χ0n) is 18.3. The van der Waals surface area contributed by atoms with Crippen LogP contribution in [0, 0.1) is 11.8 Å². The number of nitrogens with zero attached hydrogens (tertiary/aromatic N) is 1. The van der Waals surface area contributed by atoms with Crippen molar-refractivity contribution in [2.45, 2.75) is 51.9 Å². The lowest BCUT2D eigenvalue weighted by atomic mass is 9.94. The Bertz CT molecular complexity index is 967. The molecule has 2 atom stereocenters. The molecule has 1 fully saturated rings. The first-order chi connectivity index (χ1) is 14.3. The van der Waals surface area contributed by atoms with Crippen LogP contribution < -0.4 is 5.32 Å². The number of carbonyl (C=O) groups is 1. The number of aryl methyl sites for hydroxylation is 2. The fraction of sp³-hybridized carbons (Fsp3) is 0.458.